The molecule has 1 N–H and O–H groups in total. The van der Waals surface area contributed by atoms with Crippen LogP contribution in [0.1, 0.15) is 43.9 Å². The molecule has 2 atom stereocenters. The van der Waals surface area contributed by atoms with Crippen molar-refractivity contribution in [1.29, 1.82) is 0 Å². The number of likely N-dealkylation sites (N-methyl/N-ethyl adjacent to an activating group) is 1. The fourth-order valence-corrected chi connectivity index (χ4v) is 3.22. The van der Waals surface area contributed by atoms with Crippen molar-refractivity contribution in [3.63, 3.8) is 0 Å². The summed E-state index contributed by atoms with van der Waals surface area (Å²) in [5.41, 5.74) is 2.72. The first-order valence-electron chi connectivity index (χ1n) is 8.14. The van der Waals surface area contributed by atoms with Crippen molar-refractivity contribution in [1.82, 2.24) is 10.2 Å². The molecular formula is C18H30N2O. The number of methoxy groups -OCH3 is 1. The van der Waals surface area contributed by atoms with Crippen LogP contribution in [0.4, 0.5) is 0 Å². The van der Waals surface area contributed by atoms with E-state index in [9.17, 15) is 0 Å². The van der Waals surface area contributed by atoms with Gasteiger partial charge in [0.15, 0.2) is 0 Å². The van der Waals surface area contributed by atoms with Gasteiger partial charge in [0, 0.05) is 26.2 Å². The van der Waals surface area contributed by atoms with Crippen LogP contribution in [0.3, 0.4) is 0 Å². The zero-order chi connectivity index (χ0) is 15.3. The Morgan fingerprint density at radius 3 is 2.67 bits per heavy atom. The van der Waals surface area contributed by atoms with E-state index >= 15 is 0 Å². The predicted molar refractivity (Wildman–Crippen MR) is 88.7 cm³/mol. The molecule has 2 rings (SSSR count). The Morgan fingerprint density at radius 1 is 1.33 bits per heavy atom. The van der Waals surface area contributed by atoms with Crippen molar-refractivity contribution in [2.24, 2.45) is 0 Å². The second-order valence-corrected chi connectivity index (χ2v) is 6.51. The van der Waals surface area contributed by atoms with Crippen LogP contribution >= 0.6 is 0 Å². The van der Waals surface area contributed by atoms with Crippen molar-refractivity contribution in [3.05, 3.63) is 35.4 Å². The summed E-state index contributed by atoms with van der Waals surface area (Å²) in [4.78, 5) is 2.54. The van der Waals surface area contributed by atoms with E-state index < -0.39 is 0 Å². The minimum atomic E-state index is 0.0162. The molecule has 1 saturated heterocycles. The van der Waals surface area contributed by atoms with E-state index in [1.54, 1.807) is 0 Å². The second-order valence-electron chi connectivity index (χ2n) is 6.51. The van der Waals surface area contributed by atoms with Gasteiger partial charge < -0.3 is 10.1 Å². The van der Waals surface area contributed by atoms with Crippen LogP contribution in [0.25, 0.3) is 0 Å². The first kappa shape index (κ1) is 16.5. The third-order valence-electron chi connectivity index (χ3n) is 4.60. The average molecular weight is 290 g/mol. The van der Waals surface area contributed by atoms with Gasteiger partial charge in [-0.3, -0.25) is 4.90 Å². The average Bonchev–Trinajstić information content (AvgIpc) is 2.48. The van der Waals surface area contributed by atoms with E-state index in [2.05, 4.69) is 55.3 Å². The van der Waals surface area contributed by atoms with Gasteiger partial charge in [0.2, 0.25) is 0 Å². The van der Waals surface area contributed by atoms with Gasteiger partial charge in [-0.05, 0) is 45.3 Å². The Labute approximate surface area is 129 Å². The molecular weight excluding hydrogens is 260 g/mol. The number of benzene rings is 1. The van der Waals surface area contributed by atoms with Gasteiger partial charge in [0.05, 0.1) is 5.60 Å². The van der Waals surface area contributed by atoms with E-state index in [0.29, 0.717) is 6.04 Å². The predicted octanol–water partition coefficient (Wildman–Crippen LogP) is 3.15. The van der Waals surface area contributed by atoms with Crippen LogP contribution in [-0.2, 0) is 4.74 Å². The Hall–Kier alpha value is -0.900. The standard InChI is InChI=1S/C18H30N2O/c1-5-19-17(16-9-7-15(2)8-10-16)13-20-12-6-11-18(3,14-20)21-4/h7-10,17,19H,5-6,11-14H2,1-4H3. The van der Waals surface area contributed by atoms with E-state index in [-0.39, 0.29) is 5.60 Å². The molecule has 0 amide bonds. The number of rotatable bonds is 6. The van der Waals surface area contributed by atoms with Crippen molar-refractivity contribution in [2.75, 3.05) is 33.3 Å². The Morgan fingerprint density at radius 2 is 2.05 bits per heavy atom. The summed E-state index contributed by atoms with van der Waals surface area (Å²) in [7, 11) is 1.84. The lowest BCUT2D eigenvalue weighted by molar-refractivity contribution is -0.0523. The molecule has 3 nitrogen and oxygen atoms in total. The monoisotopic (exact) mass is 290 g/mol. The summed E-state index contributed by atoms with van der Waals surface area (Å²) in [5, 5.41) is 3.63. The maximum absolute atomic E-state index is 5.71. The Bertz CT molecular complexity index is 431. The van der Waals surface area contributed by atoms with Gasteiger partial charge in [0.25, 0.3) is 0 Å². The molecule has 2 unspecified atom stereocenters. The smallest absolute Gasteiger partial charge is 0.0777 e. The van der Waals surface area contributed by atoms with Gasteiger partial charge in [0.1, 0.15) is 0 Å². The zero-order valence-electron chi connectivity index (χ0n) is 14.0. The van der Waals surface area contributed by atoms with Gasteiger partial charge in [-0.1, -0.05) is 36.8 Å². The van der Waals surface area contributed by atoms with E-state index in [1.165, 1.54) is 24.1 Å². The van der Waals surface area contributed by atoms with Crippen LogP contribution in [0.2, 0.25) is 0 Å². The maximum atomic E-state index is 5.71. The molecule has 1 heterocycles. The van der Waals surface area contributed by atoms with E-state index in [1.807, 2.05) is 7.11 Å². The molecule has 0 aromatic heterocycles. The van der Waals surface area contributed by atoms with Gasteiger partial charge >= 0.3 is 0 Å². The molecule has 0 aliphatic carbocycles. The van der Waals surface area contributed by atoms with Crippen molar-refractivity contribution in [2.45, 2.75) is 45.3 Å². The van der Waals surface area contributed by atoms with Crippen LogP contribution in [0.5, 0.6) is 0 Å². The summed E-state index contributed by atoms with van der Waals surface area (Å²) in [6.07, 6.45) is 2.38. The van der Waals surface area contributed by atoms with Crippen LogP contribution in [-0.4, -0.2) is 43.8 Å². The fraction of sp³-hybridized carbons (Fsp3) is 0.667. The minimum Gasteiger partial charge on any atom is -0.377 e. The SMILES string of the molecule is CCNC(CN1CCCC(C)(OC)C1)c1ccc(C)cc1. The van der Waals surface area contributed by atoms with Crippen LogP contribution in [0, 0.1) is 6.92 Å². The number of piperidine rings is 1. The van der Waals surface area contributed by atoms with Crippen molar-refractivity contribution < 1.29 is 4.74 Å². The molecule has 1 aromatic rings. The Balaban J connectivity index is 2.04. The third kappa shape index (κ3) is 4.53. The highest BCUT2D eigenvalue weighted by molar-refractivity contribution is 5.24. The normalized spacial score (nSPS) is 25.0. The molecule has 0 radical (unpaired) electrons. The lowest BCUT2D eigenvalue weighted by Crippen LogP contribution is -2.49. The topological polar surface area (TPSA) is 24.5 Å². The van der Waals surface area contributed by atoms with Crippen LogP contribution < -0.4 is 5.32 Å². The molecule has 1 aliphatic rings. The number of likely N-dealkylation sites (tertiary alicyclic amines) is 1. The number of nitrogens with one attached hydrogen (secondary N) is 1. The zero-order valence-corrected chi connectivity index (χ0v) is 14.0. The highest BCUT2D eigenvalue weighted by atomic mass is 16.5. The van der Waals surface area contributed by atoms with Gasteiger partial charge in [-0.2, -0.15) is 0 Å². The number of hydrogen-bond acceptors (Lipinski definition) is 3. The molecule has 118 valence electrons. The Kier molecular flexibility index (Phi) is 5.80. The highest BCUT2D eigenvalue weighted by Gasteiger charge is 2.31. The number of nitrogens with zero attached hydrogens (tertiary/aromatic N) is 1. The summed E-state index contributed by atoms with van der Waals surface area (Å²) in [5.74, 6) is 0. The summed E-state index contributed by atoms with van der Waals surface area (Å²) in [6, 6.07) is 9.31. The molecule has 21 heavy (non-hydrogen) atoms. The number of ether oxygens (including phenoxy) is 1. The summed E-state index contributed by atoms with van der Waals surface area (Å²) >= 11 is 0. The molecule has 0 saturated carbocycles. The number of aryl methyl sites for hydroxylation is 1. The first-order chi connectivity index (χ1) is 10.1. The summed E-state index contributed by atoms with van der Waals surface area (Å²) < 4.78 is 5.71. The highest BCUT2D eigenvalue weighted by Crippen LogP contribution is 2.25. The lowest BCUT2D eigenvalue weighted by Gasteiger charge is -2.41. The van der Waals surface area contributed by atoms with Crippen molar-refractivity contribution >= 4 is 0 Å². The van der Waals surface area contributed by atoms with E-state index in [0.717, 1.165) is 26.1 Å². The minimum absolute atomic E-state index is 0.0162. The molecule has 1 fully saturated rings. The first-order valence-corrected chi connectivity index (χ1v) is 8.14. The molecule has 3 heteroatoms. The molecule has 0 spiro atoms. The van der Waals surface area contributed by atoms with Crippen LogP contribution in [0.15, 0.2) is 24.3 Å². The van der Waals surface area contributed by atoms with E-state index in [4.69, 9.17) is 4.74 Å². The molecule has 1 aliphatic heterocycles. The fourth-order valence-electron chi connectivity index (χ4n) is 3.22. The van der Waals surface area contributed by atoms with Crippen molar-refractivity contribution in [3.8, 4) is 0 Å². The molecule has 0 bridgehead atoms. The largest absolute Gasteiger partial charge is 0.377 e. The summed E-state index contributed by atoms with van der Waals surface area (Å²) in [6.45, 7) is 10.8. The second kappa shape index (κ2) is 7.39. The lowest BCUT2D eigenvalue weighted by atomic mass is 9.94. The van der Waals surface area contributed by atoms with Gasteiger partial charge in [-0.15, -0.1) is 0 Å². The molecule has 1 aromatic carbocycles. The quantitative estimate of drug-likeness (QED) is 0.871. The number of hydrogen-bond donors (Lipinski definition) is 1. The maximum Gasteiger partial charge on any atom is 0.0777 e. The third-order valence-corrected chi connectivity index (χ3v) is 4.60. The van der Waals surface area contributed by atoms with Gasteiger partial charge in [-0.25, -0.2) is 0 Å².